The van der Waals surface area contributed by atoms with Crippen molar-refractivity contribution in [1.82, 2.24) is 4.98 Å². The number of benzene rings is 2. The number of nitriles is 1. The Bertz CT molecular complexity index is 1150. The molecule has 1 heterocycles. The fraction of sp³-hybridized carbons (Fsp3) is 0.200. The van der Waals surface area contributed by atoms with Crippen LogP contribution in [0.5, 0.6) is 5.75 Å². The van der Waals surface area contributed by atoms with E-state index in [4.69, 9.17) is 10.00 Å². The van der Waals surface area contributed by atoms with Gasteiger partial charge in [-0.05, 0) is 29.8 Å². The van der Waals surface area contributed by atoms with Gasteiger partial charge in [0.15, 0.2) is 5.78 Å². The van der Waals surface area contributed by atoms with Crippen LogP contribution in [-0.2, 0) is 5.41 Å². The number of hydrogen-bond acceptors (Lipinski definition) is 6. The zero-order chi connectivity index (χ0) is 19.5. The van der Waals surface area contributed by atoms with Crippen molar-refractivity contribution in [2.45, 2.75) is 19.3 Å². The Kier molecular flexibility index (Phi) is 3.53. The maximum absolute atomic E-state index is 13.3. The second-order valence-corrected chi connectivity index (χ2v) is 7.06. The minimum Gasteiger partial charge on any atom is -0.494 e. The SMILES string of the molecule is COc1cc2c(cc1N(O)O)C(=O)c1c([nH]c3cc(C#N)ccc13)C2(C)C. The zero-order valence-corrected chi connectivity index (χ0v) is 15.0. The van der Waals surface area contributed by atoms with E-state index in [2.05, 4.69) is 11.1 Å². The molecule has 0 unspecified atom stereocenters. The number of ketones is 1. The van der Waals surface area contributed by atoms with E-state index in [1.165, 1.54) is 13.2 Å². The average Bonchev–Trinajstić information content (AvgIpc) is 3.05. The van der Waals surface area contributed by atoms with Crippen molar-refractivity contribution in [3.8, 4) is 11.8 Å². The van der Waals surface area contributed by atoms with Gasteiger partial charge in [-0.25, -0.2) is 0 Å². The van der Waals surface area contributed by atoms with Crippen LogP contribution in [0.2, 0.25) is 0 Å². The summed E-state index contributed by atoms with van der Waals surface area (Å²) in [6.07, 6.45) is 0. The third-order valence-corrected chi connectivity index (χ3v) is 5.23. The van der Waals surface area contributed by atoms with Crippen molar-refractivity contribution in [3.63, 3.8) is 0 Å². The molecule has 0 saturated carbocycles. The van der Waals surface area contributed by atoms with E-state index in [0.717, 1.165) is 16.6 Å². The molecule has 4 rings (SSSR count). The van der Waals surface area contributed by atoms with Crippen LogP contribution in [-0.4, -0.2) is 28.3 Å². The van der Waals surface area contributed by atoms with Gasteiger partial charge >= 0.3 is 0 Å². The summed E-state index contributed by atoms with van der Waals surface area (Å²) in [5, 5.41) is 28.8. The molecule has 3 aromatic rings. The second-order valence-electron chi connectivity index (χ2n) is 7.06. The third kappa shape index (κ3) is 2.24. The first kappa shape index (κ1) is 17.1. The molecule has 0 radical (unpaired) electrons. The van der Waals surface area contributed by atoms with Gasteiger partial charge in [0.1, 0.15) is 11.4 Å². The lowest BCUT2D eigenvalue weighted by atomic mass is 9.71. The number of methoxy groups -OCH3 is 1. The van der Waals surface area contributed by atoms with Gasteiger partial charge < -0.3 is 9.72 Å². The van der Waals surface area contributed by atoms with E-state index >= 15 is 0 Å². The van der Waals surface area contributed by atoms with Crippen LogP contribution in [0.25, 0.3) is 10.9 Å². The molecule has 1 aliphatic rings. The number of nitrogens with zero attached hydrogens (tertiary/aromatic N) is 2. The summed E-state index contributed by atoms with van der Waals surface area (Å²) < 4.78 is 5.26. The maximum atomic E-state index is 13.3. The highest BCUT2D eigenvalue weighted by Crippen LogP contribution is 2.46. The van der Waals surface area contributed by atoms with E-state index in [0.29, 0.717) is 22.2 Å². The molecule has 0 fully saturated rings. The van der Waals surface area contributed by atoms with Crippen molar-refractivity contribution in [2.75, 3.05) is 12.3 Å². The quantitative estimate of drug-likeness (QED) is 0.601. The van der Waals surface area contributed by atoms with Gasteiger partial charge in [-0.2, -0.15) is 5.26 Å². The number of anilines is 1. The minimum absolute atomic E-state index is 0.0181. The highest BCUT2D eigenvalue weighted by molar-refractivity contribution is 6.20. The zero-order valence-electron chi connectivity index (χ0n) is 15.0. The average molecular weight is 363 g/mol. The molecule has 1 aliphatic carbocycles. The van der Waals surface area contributed by atoms with Gasteiger partial charge in [-0.1, -0.05) is 19.9 Å². The summed E-state index contributed by atoms with van der Waals surface area (Å²) >= 11 is 0. The summed E-state index contributed by atoms with van der Waals surface area (Å²) in [4.78, 5) is 16.6. The fourth-order valence-electron chi connectivity index (χ4n) is 3.83. The molecule has 3 N–H and O–H groups in total. The van der Waals surface area contributed by atoms with Crippen molar-refractivity contribution < 1.29 is 19.9 Å². The first-order chi connectivity index (χ1) is 12.8. The Labute approximate surface area is 154 Å². The van der Waals surface area contributed by atoms with E-state index in [9.17, 15) is 15.2 Å². The molecule has 1 aromatic heterocycles. The minimum atomic E-state index is -0.564. The number of hydrogen-bond donors (Lipinski definition) is 3. The van der Waals surface area contributed by atoms with E-state index in [1.807, 2.05) is 13.8 Å². The van der Waals surface area contributed by atoms with Gasteiger partial charge in [0.25, 0.3) is 0 Å². The highest BCUT2D eigenvalue weighted by atomic mass is 16.8. The van der Waals surface area contributed by atoms with Crippen molar-refractivity contribution in [2.24, 2.45) is 0 Å². The largest absolute Gasteiger partial charge is 0.494 e. The standard InChI is InChI=1S/C20H17N3O4/c1-20(2)13-8-16(27-3)15(23(25)26)7-12(13)18(24)17-11-5-4-10(9-21)6-14(11)22-19(17)20/h4-8,22,25-26H,1-3H3. The van der Waals surface area contributed by atoms with Gasteiger partial charge in [-0.15, -0.1) is 5.23 Å². The lowest BCUT2D eigenvalue weighted by Crippen LogP contribution is -2.31. The van der Waals surface area contributed by atoms with Crippen LogP contribution in [0, 0.1) is 11.3 Å². The molecule has 0 amide bonds. The van der Waals surface area contributed by atoms with E-state index in [1.54, 1.807) is 24.3 Å². The molecule has 2 aromatic carbocycles. The number of H-pyrrole nitrogens is 1. The molecule has 7 heteroatoms. The summed E-state index contributed by atoms with van der Waals surface area (Å²) in [5.41, 5.74) is 3.02. The van der Waals surface area contributed by atoms with Crippen molar-refractivity contribution in [1.29, 1.82) is 5.26 Å². The summed E-state index contributed by atoms with van der Waals surface area (Å²) in [6.45, 7) is 3.96. The number of carbonyl (C=O) groups excluding carboxylic acids is 1. The summed E-state index contributed by atoms with van der Waals surface area (Å²) in [6, 6.07) is 10.3. The Morgan fingerprint density at radius 2 is 1.96 bits per heavy atom. The van der Waals surface area contributed by atoms with Crippen LogP contribution in [0.1, 0.15) is 46.6 Å². The van der Waals surface area contributed by atoms with Gasteiger partial charge in [0.05, 0.1) is 24.3 Å². The van der Waals surface area contributed by atoms with Crippen LogP contribution in [0.4, 0.5) is 5.69 Å². The number of carbonyl (C=O) groups is 1. The molecule has 0 bridgehead atoms. The molecule has 27 heavy (non-hydrogen) atoms. The van der Waals surface area contributed by atoms with Crippen molar-refractivity contribution in [3.05, 3.63) is 58.3 Å². The van der Waals surface area contributed by atoms with E-state index < -0.39 is 5.41 Å². The number of nitrogens with one attached hydrogen (secondary N) is 1. The van der Waals surface area contributed by atoms with Crippen LogP contribution in [0.15, 0.2) is 30.3 Å². The van der Waals surface area contributed by atoms with Crippen LogP contribution < -0.4 is 9.96 Å². The molecule has 0 aliphatic heterocycles. The Hall–Kier alpha value is -3.34. The Morgan fingerprint density at radius 3 is 2.59 bits per heavy atom. The maximum Gasteiger partial charge on any atom is 0.195 e. The lowest BCUT2D eigenvalue weighted by Gasteiger charge is -2.33. The van der Waals surface area contributed by atoms with Crippen LogP contribution >= 0.6 is 0 Å². The monoisotopic (exact) mass is 363 g/mol. The van der Waals surface area contributed by atoms with Crippen molar-refractivity contribution >= 4 is 22.4 Å². The lowest BCUT2D eigenvalue weighted by molar-refractivity contribution is 0.0278. The predicted octanol–water partition coefficient (Wildman–Crippen LogP) is 3.50. The number of fused-ring (bicyclic) bond motifs is 4. The normalized spacial score (nSPS) is 14.4. The topological polar surface area (TPSA) is 110 Å². The van der Waals surface area contributed by atoms with Gasteiger partial charge in [0.2, 0.25) is 0 Å². The highest BCUT2D eigenvalue weighted by Gasteiger charge is 2.40. The smallest absolute Gasteiger partial charge is 0.195 e. The van der Waals surface area contributed by atoms with E-state index in [-0.39, 0.29) is 22.4 Å². The molecule has 0 saturated heterocycles. The Balaban J connectivity index is 2.05. The molecule has 7 nitrogen and oxygen atoms in total. The van der Waals surface area contributed by atoms with Gasteiger partial charge in [-0.3, -0.25) is 15.2 Å². The molecule has 136 valence electrons. The molecule has 0 spiro atoms. The Morgan fingerprint density at radius 1 is 1.22 bits per heavy atom. The molecular weight excluding hydrogens is 346 g/mol. The molecular formula is C20H17N3O4. The van der Waals surface area contributed by atoms with Gasteiger partial charge in [0, 0.05) is 27.6 Å². The number of ether oxygens (including phenoxy) is 1. The summed E-state index contributed by atoms with van der Waals surface area (Å²) in [5.74, 6) is 0.0204. The first-order valence-corrected chi connectivity index (χ1v) is 8.31. The first-order valence-electron chi connectivity index (χ1n) is 8.31. The molecule has 0 atom stereocenters. The van der Waals surface area contributed by atoms with Crippen LogP contribution in [0.3, 0.4) is 0 Å². The predicted molar refractivity (Wildman–Crippen MR) is 97.6 cm³/mol. The second kappa shape index (κ2) is 5.58. The number of aromatic nitrogens is 1. The third-order valence-electron chi connectivity index (χ3n) is 5.23. The number of rotatable bonds is 2. The number of aromatic amines is 1. The fourth-order valence-corrected chi connectivity index (χ4v) is 3.83. The summed E-state index contributed by atoms with van der Waals surface area (Å²) in [7, 11) is 1.42.